The second kappa shape index (κ2) is 7.50. The van der Waals surface area contributed by atoms with E-state index < -0.39 is 6.04 Å². The molecule has 6 nitrogen and oxygen atoms in total. The van der Waals surface area contributed by atoms with E-state index in [0.29, 0.717) is 5.69 Å². The van der Waals surface area contributed by atoms with E-state index in [1.165, 1.54) is 0 Å². The second-order valence-electron chi connectivity index (χ2n) is 4.23. The van der Waals surface area contributed by atoms with Crippen molar-refractivity contribution in [3.05, 3.63) is 29.8 Å². The molecule has 0 aromatic heterocycles. The van der Waals surface area contributed by atoms with E-state index in [1.807, 2.05) is 0 Å². The second-order valence-corrected chi connectivity index (χ2v) is 4.23. The van der Waals surface area contributed by atoms with E-state index in [9.17, 15) is 9.59 Å². The first-order valence-electron chi connectivity index (χ1n) is 6.06. The maximum Gasteiger partial charge on any atom is 0.236 e. The largest absolute Gasteiger partial charge is 0.392 e. The van der Waals surface area contributed by atoms with Crippen LogP contribution in [0.25, 0.3) is 0 Å². The summed E-state index contributed by atoms with van der Waals surface area (Å²) in [5, 5.41) is 14.1. The summed E-state index contributed by atoms with van der Waals surface area (Å²) in [6.07, 6.45) is 0.181. The van der Waals surface area contributed by atoms with Crippen molar-refractivity contribution < 1.29 is 14.7 Å². The Morgan fingerprint density at radius 3 is 2.47 bits per heavy atom. The standard InChI is InChI=1S/C13H19N3O3/c1-9(14)13(19)15-7-6-12(18)16-11-4-2-10(8-17)3-5-11/h2-5,9,17H,6-8,14H2,1H3,(H,15,19)(H,16,18)/t9-/m0/s1. The van der Waals surface area contributed by atoms with Gasteiger partial charge in [-0.05, 0) is 24.6 Å². The third kappa shape index (κ3) is 5.50. The molecule has 0 bridgehead atoms. The van der Waals surface area contributed by atoms with Crippen LogP contribution in [0.3, 0.4) is 0 Å². The zero-order valence-corrected chi connectivity index (χ0v) is 10.8. The molecule has 6 heteroatoms. The highest BCUT2D eigenvalue weighted by Crippen LogP contribution is 2.09. The number of aliphatic hydroxyl groups excluding tert-OH is 1. The molecule has 1 atom stereocenters. The lowest BCUT2D eigenvalue weighted by Gasteiger charge is -2.08. The Labute approximate surface area is 112 Å². The minimum atomic E-state index is -0.575. The van der Waals surface area contributed by atoms with Gasteiger partial charge in [-0.2, -0.15) is 0 Å². The fraction of sp³-hybridized carbons (Fsp3) is 0.385. The summed E-state index contributed by atoms with van der Waals surface area (Å²) < 4.78 is 0. The Morgan fingerprint density at radius 2 is 1.95 bits per heavy atom. The number of aliphatic hydroxyl groups is 1. The monoisotopic (exact) mass is 265 g/mol. The van der Waals surface area contributed by atoms with E-state index in [2.05, 4.69) is 10.6 Å². The number of hydrogen-bond acceptors (Lipinski definition) is 4. The summed E-state index contributed by atoms with van der Waals surface area (Å²) >= 11 is 0. The van der Waals surface area contributed by atoms with E-state index in [-0.39, 0.29) is 31.4 Å². The number of benzene rings is 1. The minimum Gasteiger partial charge on any atom is -0.392 e. The Balaban J connectivity index is 2.32. The van der Waals surface area contributed by atoms with Crippen molar-refractivity contribution in [1.82, 2.24) is 5.32 Å². The molecule has 0 saturated heterocycles. The number of amides is 2. The highest BCUT2D eigenvalue weighted by Gasteiger charge is 2.07. The molecule has 0 unspecified atom stereocenters. The zero-order valence-electron chi connectivity index (χ0n) is 10.8. The molecule has 104 valence electrons. The van der Waals surface area contributed by atoms with Gasteiger partial charge in [-0.3, -0.25) is 9.59 Å². The van der Waals surface area contributed by atoms with Gasteiger partial charge in [-0.1, -0.05) is 12.1 Å². The summed E-state index contributed by atoms with van der Waals surface area (Å²) in [5.41, 5.74) is 6.80. The van der Waals surface area contributed by atoms with Gasteiger partial charge in [0, 0.05) is 18.7 Å². The molecular formula is C13H19N3O3. The summed E-state index contributed by atoms with van der Waals surface area (Å²) in [7, 11) is 0. The normalized spacial score (nSPS) is 11.7. The fourth-order valence-corrected chi connectivity index (χ4v) is 1.38. The average Bonchev–Trinajstić information content (AvgIpc) is 2.39. The van der Waals surface area contributed by atoms with Crippen LogP contribution in [-0.4, -0.2) is 29.5 Å². The molecule has 0 fully saturated rings. The lowest BCUT2D eigenvalue weighted by molar-refractivity contribution is -0.122. The van der Waals surface area contributed by atoms with Crippen LogP contribution in [-0.2, 0) is 16.2 Å². The van der Waals surface area contributed by atoms with Crippen LogP contribution in [0.4, 0.5) is 5.69 Å². The predicted octanol–water partition coefficient (Wildman–Crippen LogP) is -0.0291. The smallest absolute Gasteiger partial charge is 0.236 e. The lowest BCUT2D eigenvalue weighted by atomic mass is 10.2. The molecule has 19 heavy (non-hydrogen) atoms. The summed E-state index contributed by atoms with van der Waals surface area (Å²) in [6, 6.07) is 6.31. The van der Waals surface area contributed by atoms with Crippen LogP contribution >= 0.6 is 0 Å². The Hall–Kier alpha value is -1.92. The minimum absolute atomic E-state index is 0.0302. The van der Waals surface area contributed by atoms with Gasteiger partial charge < -0.3 is 21.5 Å². The molecule has 1 rings (SSSR count). The van der Waals surface area contributed by atoms with Crippen molar-refractivity contribution >= 4 is 17.5 Å². The quantitative estimate of drug-likeness (QED) is 0.579. The summed E-state index contributed by atoms with van der Waals surface area (Å²) in [5.74, 6) is -0.471. The number of nitrogens with two attached hydrogens (primary N) is 1. The van der Waals surface area contributed by atoms with Crippen molar-refractivity contribution in [1.29, 1.82) is 0 Å². The molecule has 0 aliphatic rings. The van der Waals surface area contributed by atoms with Crippen LogP contribution < -0.4 is 16.4 Å². The number of hydrogen-bond donors (Lipinski definition) is 4. The van der Waals surface area contributed by atoms with E-state index in [1.54, 1.807) is 31.2 Å². The van der Waals surface area contributed by atoms with Crippen molar-refractivity contribution in [3.63, 3.8) is 0 Å². The van der Waals surface area contributed by atoms with Crippen molar-refractivity contribution in [2.75, 3.05) is 11.9 Å². The molecule has 2 amide bonds. The first-order chi connectivity index (χ1) is 9.02. The molecule has 0 saturated carbocycles. The van der Waals surface area contributed by atoms with E-state index >= 15 is 0 Å². The molecule has 0 radical (unpaired) electrons. The van der Waals surface area contributed by atoms with Gasteiger partial charge in [-0.25, -0.2) is 0 Å². The summed E-state index contributed by atoms with van der Waals surface area (Å²) in [4.78, 5) is 22.7. The van der Waals surface area contributed by atoms with Crippen molar-refractivity contribution in [2.45, 2.75) is 26.0 Å². The van der Waals surface area contributed by atoms with Crippen molar-refractivity contribution in [2.24, 2.45) is 5.73 Å². The van der Waals surface area contributed by atoms with E-state index in [0.717, 1.165) is 5.56 Å². The van der Waals surface area contributed by atoms with Crippen LogP contribution in [0, 0.1) is 0 Å². The van der Waals surface area contributed by atoms with Crippen LogP contribution in [0.5, 0.6) is 0 Å². The van der Waals surface area contributed by atoms with E-state index in [4.69, 9.17) is 10.8 Å². The van der Waals surface area contributed by atoms with Gasteiger partial charge in [0.2, 0.25) is 11.8 Å². The zero-order chi connectivity index (χ0) is 14.3. The summed E-state index contributed by atoms with van der Waals surface area (Å²) in [6.45, 7) is 1.80. The number of carbonyl (C=O) groups excluding carboxylic acids is 2. The Morgan fingerprint density at radius 1 is 1.32 bits per heavy atom. The topological polar surface area (TPSA) is 104 Å². The van der Waals surface area contributed by atoms with Gasteiger partial charge in [-0.15, -0.1) is 0 Å². The molecule has 0 aliphatic heterocycles. The fourth-order valence-electron chi connectivity index (χ4n) is 1.38. The molecule has 0 heterocycles. The third-order valence-electron chi connectivity index (χ3n) is 2.49. The highest BCUT2D eigenvalue weighted by atomic mass is 16.3. The van der Waals surface area contributed by atoms with Gasteiger partial charge in [0.1, 0.15) is 0 Å². The average molecular weight is 265 g/mol. The SMILES string of the molecule is C[C@H](N)C(=O)NCCC(=O)Nc1ccc(CO)cc1. The molecule has 1 aromatic carbocycles. The lowest BCUT2D eigenvalue weighted by Crippen LogP contribution is -2.39. The number of nitrogens with one attached hydrogen (secondary N) is 2. The Kier molecular flexibility index (Phi) is 5.98. The number of carbonyl (C=O) groups is 2. The first-order valence-corrected chi connectivity index (χ1v) is 6.06. The van der Waals surface area contributed by atoms with Crippen LogP contribution in [0.2, 0.25) is 0 Å². The van der Waals surface area contributed by atoms with Crippen LogP contribution in [0.1, 0.15) is 18.9 Å². The Bertz CT molecular complexity index is 429. The van der Waals surface area contributed by atoms with Gasteiger partial charge >= 0.3 is 0 Å². The van der Waals surface area contributed by atoms with Gasteiger partial charge in [0.15, 0.2) is 0 Å². The molecule has 0 aliphatic carbocycles. The van der Waals surface area contributed by atoms with Crippen molar-refractivity contribution in [3.8, 4) is 0 Å². The maximum atomic E-state index is 11.6. The predicted molar refractivity (Wildman–Crippen MR) is 72.3 cm³/mol. The number of rotatable bonds is 6. The van der Waals surface area contributed by atoms with Gasteiger partial charge in [0.25, 0.3) is 0 Å². The van der Waals surface area contributed by atoms with Gasteiger partial charge in [0.05, 0.1) is 12.6 Å². The molecule has 1 aromatic rings. The first kappa shape index (κ1) is 15.1. The highest BCUT2D eigenvalue weighted by molar-refractivity contribution is 5.91. The molecular weight excluding hydrogens is 246 g/mol. The maximum absolute atomic E-state index is 11.6. The third-order valence-corrected chi connectivity index (χ3v) is 2.49. The van der Waals surface area contributed by atoms with Crippen LogP contribution in [0.15, 0.2) is 24.3 Å². The molecule has 0 spiro atoms. The number of anilines is 1. The molecule has 5 N–H and O–H groups in total.